The summed E-state index contributed by atoms with van der Waals surface area (Å²) >= 11 is 0. The second-order valence-electron chi connectivity index (χ2n) is 8.81. The molecule has 1 aliphatic rings. The Balaban J connectivity index is 1.55. The van der Waals surface area contributed by atoms with E-state index in [1.54, 1.807) is 18.6 Å². The van der Waals surface area contributed by atoms with E-state index in [0.29, 0.717) is 12.8 Å². The van der Waals surface area contributed by atoms with Gasteiger partial charge in [-0.25, -0.2) is 24.1 Å². The molecule has 210 valence electrons. The second kappa shape index (κ2) is 11.5. The molecule has 1 amide bonds. The lowest BCUT2D eigenvalue weighted by atomic mass is 10.0. The third-order valence-electron chi connectivity index (χ3n) is 6.35. The Bertz CT molecular complexity index is 1460. The first kappa shape index (κ1) is 28.1. The van der Waals surface area contributed by atoms with Crippen molar-refractivity contribution in [3.05, 3.63) is 42.5 Å². The summed E-state index contributed by atoms with van der Waals surface area (Å²) in [7, 11) is -4.50. The van der Waals surface area contributed by atoms with Crippen molar-refractivity contribution in [2.75, 3.05) is 12.3 Å². The molecule has 16 heteroatoms. The van der Waals surface area contributed by atoms with Gasteiger partial charge < -0.3 is 20.3 Å². The molecule has 0 radical (unpaired) electrons. The maximum Gasteiger partial charge on any atom is 0.309 e. The molecular weight excluding hydrogens is 537 g/mol. The number of aromatic nitrogens is 4. The molecule has 0 bridgehead atoms. The first-order valence-corrected chi connectivity index (χ1v) is 13.6. The quantitative estimate of drug-likeness (QED) is 0.255. The number of ether oxygens (including phenoxy) is 2. The lowest BCUT2D eigenvalue weighted by Crippen LogP contribution is -2.46. The van der Waals surface area contributed by atoms with Crippen molar-refractivity contribution in [2.24, 2.45) is 5.92 Å². The number of hydrogen-bond donors (Lipinski definition) is 4. The minimum Gasteiger partial charge on any atom is -0.507 e. The Morgan fingerprint density at radius 1 is 1.23 bits per heavy atom. The van der Waals surface area contributed by atoms with Gasteiger partial charge in [-0.05, 0) is 25.0 Å². The van der Waals surface area contributed by atoms with Crippen molar-refractivity contribution in [3.8, 4) is 5.75 Å². The lowest BCUT2D eigenvalue weighted by Gasteiger charge is -2.22. The van der Waals surface area contributed by atoms with Gasteiger partial charge in [-0.2, -0.15) is 13.1 Å². The van der Waals surface area contributed by atoms with Gasteiger partial charge in [0.1, 0.15) is 23.7 Å². The van der Waals surface area contributed by atoms with Crippen LogP contribution in [0, 0.1) is 5.92 Å². The number of amides is 1. The number of fused-ring (bicyclic) bond motifs is 1. The van der Waals surface area contributed by atoms with Crippen molar-refractivity contribution in [3.63, 3.8) is 0 Å². The average molecular weight is 566 g/mol. The summed E-state index contributed by atoms with van der Waals surface area (Å²) in [5, 5.41) is 9.82. The number of anilines is 1. The number of phenolic OH excluding ortho intramolecular Hbond substituents is 1. The minimum atomic E-state index is -4.50. The summed E-state index contributed by atoms with van der Waals surface area (Å²) in [6.07, 6.45) is -2.81. The van der Waals surface area contributed by atoms with E-state index in [2.05, 4.69) is 19.7 Å². The monoisotopic (exact) mass is 565 g/mol. The molecule has 1 aromatic carbocycles. The van der Waals surface area contributed by atoms with Crippen LogP contribution >= 0.6 is 0 Å². The van der Waals surface area contributed by atoms with E-state index in [0.717, 1.165) is 0 Å². The number of para-hydroxylation sites is 1. The zero-order valence-electron chi connectivity index (χ0n) is 21.0. The summed E-state index contributed by atoms with van der Waals surface area (Å²) in [5.41, 5.74) is 5.91. The SMILES string of the molecule is CCC(CC)C(=O)O[C@H]1[C@@H](F)[C@H](n2cnc3c(N)ncnc32)O[C@@H]1CNS(=O)(=O)NC(=O)c1ccccc1O. The maximum absolute atomic E-state index is 15.8. The molecule has 39 heavy (non-hydrogen) atoms. The normalized spacial score (nSPS) is 21.3. The average Bonchev–Trinajstić information content (AvgIpc) is 3.45. The Hall–Kier alpha value is -3.89. The van der Waals surface area contributed by atoms with Crippen LogP contribution in [0.5, 0.6) is 5.75 Å². The van der Waals surface area contributed by atoms with Gasteiger partial charge in [0, 0.05) is 6.54 Å². The Kier molecular flexibility index (Phi) is 8.27. The molecule has 4 atom stereocenters. The minimum absolute atomic E-state index is 0.0633. The van der Waals surface area contributed by atoms with E-state index < -0.39 is 64.9 Å². The third kappa shape index (κ3) is 5.91. The summed E-state index contributed by atoms with van der Waals surface area (Å²) in [5.74, 6) is -2.59. The summed E-state index contributed by atoms with van der Waals surface area (Å²) in [6.45, 7) is 3.01. The molecule has 0 saturated carbocycles. The van der Waals surface area contributed by atoms with Crippen LogP contribution in [0.15, 0.2) is 36.9 Å². The number of halogens is 1. The molecule has 1 saturated heterocycles. The van der Waals surface area contributed by atoms with Crippen molar-refractivity contribution in [2.45, 2.75) is 51.3 Å². The fourth-order valence-electron chi connectivity index (χ4n) is 4.20. The van der Waals surface area contributed by atoms with Crippen molar-refractivity contribution >= 4 is 39.1 Å². The van der Waals surface area contributed by atoms with Crippen molar-refractivity contribution < 1.29 is 37.0 Å². The molecule has 4 rings (SSSR count). The zero-order valence-corrected chi connectivity index (χ0v) is 21.8. The third-order valence-corrected chi connectivity index (χ3v) is 7.35. The standard InChI is InChI=1S/C23H28FN7O7S/c1-3-12(4-2)23(34)38-18-15(9-29-39(35,36)30-21(33)13-7-5-6-8-14(13)32)37-22(16(18)24)31-11-28-17-19(25)26-10-27-20(17)31/h5-8,10-12,15-16,18,22,29,32H,3-4,9H2,1-2H3,(H,30,33)(H2,25,26,27)/t15-,16-,18-,22-/m1/s1. The highest BCUT2D eigenvalue weighted by Gasteiger charge is 2.49. The summed E-state index contributed by atoms with van der Waals surface area (Å²) in [4.78, 5) is 37.1. The van der Waals surface area contributed by atoms with Crippen LogP contribution in [0.4, 0.5) is 10.2 Å². The van der Waals surface area contributed by atoms with Crippen LogP contribution in [0.3, 0.4) is 0 Å². The van der Waals surface area contributed by atoms with Gasteiger partial charge in [0.05, 0.1) is 17.8 Å². The van der Waals surface area contributed by atoms with Crippen LogP contribution in [0.2, 0.25) is 0 Å². The number of aromatic hydroxyl groups is 1. The highest BCUT2D eigenvalue weighted by Crippen LogP contribution is 2.36. The number of esters is 1. The number of nitrogen functional groups attached to an aromatic ring is 1. The van der Waals surface area contributed by atoms with Gasteiger partial charge in [-0.3, -0.25) is 14.2 Å². The van der Waals surface area contributed by atoms with E-state index >= 15 is 4.39 Å². The van der Waals surface area contributed by atoms with E-state index in [-0.39, 0.29) is 22.5 Å². The summed E-state index contributed by atoms with van der Waals surface area (Å²) in [6, 6.07) is 5.37. The number of rotatable bonds is 10. The van der Waals surface area contributed by atoms with E-state index in [9.17, 15) is 23.1 Å². The van der Waals surface area contributed by atoms with Crippen LogP contribution in [-0.4, -0.2) is 69.8 Å². The maximum atomic E-state index is 15.8. The topological polar surface area (TPSA) is 201 Å². The number of alkyl halides is 1. The number of nitrogens with two attached hydrogens (primary N) is 1. The predicted molar refractivity (Wildman–Crippen MR) is 135 cm³/mol. The van der Waals surface area contributed by atoms with Gasteiger partial charge >= 0.3 is 16.2 Å². The molecule has 3 heterocycles. The molecule has 2 aromatic heterocycles. The van der Waals surface area contributed by atoms with Crippen LogP contribution < -0.4 is 15.2 Å². The highest BCUT2D eigenvalue weighted by molar-refractivity contribution is 7.88. The smallest absolute Gasteiger partial charge is 0.309 e. The number of carbonyl (C=O) groups is 2. The number of phenols is 1. The number of benzene rings is 1. The van der Waals surface area contributed by atoms with Gasteiger partial charge in [0.2, 0.25) is 0 Å². The molecule has 1 aliphatic heterocycles. The van der Waals surface area contributed by atoms with Gasteiger partial charge in [-0.1, -0.05) is 26.0 Å². The lowest BCUT2D eigenvalue weighted by molar-refractivity contribution is -0.159. The largest absolute Gasteiger partial charge is 0.507 e. The molecule has 1 fully saturated rings. The van der Waals surface area contributed by atoms with Crippen molar-refractivity contribution in [1.82, 2.24) is 29.0 Å². The number of hydrogen-bond acceptors (Lipinski definition) is 11. The van der Waals surface area contributed by atoms with E-state index in [1.165, 1.54) is 41.5 Å². The molecular formula is C23H28FN7O7S. The molecule has 5 N–H and O–H groups in total. The van der Waals surface area contributed by atoms with Gasteiger partial charge in [0.15, 0.2) is 30.0 Å². The predicted octanol–water partition coefficient (Wildman–Crippen LogP) is 0.962. The molecule has 0 aliphatic carbocycles. The fraction of sp³-hybridized carbons (Fsp3) is 0.435. The number of nitrogens with zero attached hydrogens (tertiary/aromatic N) is 4. The number of carbonyl (C=O) groups excluding carboxylic acids is 2. The van der Waals surface area contributed by atoms with Crippen LogP contribution in [0.25, 0.3) is 11.2 Å². The molecule has 0 spiro atoms. The zero-order chi connectivity index (χ0) is 28.3. The molecule has 3 aromatic rings. The number of nitrogens with one attached hydrogen (secondary N) is 2. The first-order chi connectivity index (χ1) is 18.6. The van der Waals surface area contributed by atoms with Crippen molar-refractivity contribution in [1.29, 1.82) is 0 Å². The summed E-state index contributed by atoms with van der Waals surface area (Å²) < 4.78 is 57.5. The van der Waals surface area contributed by atoms with Crippen LogP contribution in [0.1, 0.15) is 43.3 Å². The fourth-order valence-corrected chi connectivity index (χ4v) is 5.01. The first-order valence-electron chi connectivity index (χ1n) is 12.1. The van der Waals surface area contributed by atoms with Gasteiger partial charge in [0.25, 0.3) is 5.91 Å². The number of imidazole rings is 1. The Morgan fingerprint density at radius 3 is 2.64 bits per heavy atom. The Labute approximate surface area is 222 Å². The Morgan fingerprint density at radius 2 is 1.95 bits per heavy atom. The van der Waals surface area contributed by atoms with E-state index in [1.807, 2.05) is 0 Å². The van der Waals surface area contributed by atoms with Crippen LogP contribution in [-0.2, 0) is 24.5 Å². The van der Waals surface area contributed by atoms with Gasteiger partial charge in [-0.15, -0.1) is 0 Å². The molecule has 14 nitrogen and oxygen atoms in total. The second-order valence-corrected chi connectivity index (χ2v) is 10.3. The molecule has 0 unspecified atom stereocenters. The highest BCUT2D eigenvalue weighted by atomic mass is 32.2. The van der Waals surface area contributed by atoms with E-state index in [4.69, 9.17) is 15.2 Å².